The Balaban J connectivity index is 2.09. The molecule has 2 aromatic rings. The van der Waals surface area contributed by atoms with Crippen molar-refractivity contribution in [3.63, 3.8) is 0 Å². The van der Waals surface area contributed by atoms with E-state index in [0.717, 1.165) is 16.9 Å². The molecule has 87 valence electrons. The summed E-state index contributed by atoms with van der Waals surface area (Å²) in [5.41, 5.74) is 2.04. The maximum atomic E-state index is 5.72. The fourth-order valence-corrected chi connectivity index (χ4v) is 1.57. The first-order valence-corrected chi connectivity index (χ1v) is 5.46. The van der Waals surface area contributed by atoms with Crippen LogP contribution >= 0.6 is 0 Å². The fourth-order valence-electron chi connectivity index (χ4n) is 1.57. The van der Waals surface area contributed by atoms with Crippen molar-refractivity contribution in [3.8, 4) is 11.5 Å². The van der Waals surface area contributed by atoms with Crippen molar-refractivity contribution >= 4 is 0 Å². The molecule has 2 rings (SSSR count). The van der Waals surface area contributed by atoms with Gasteiger partial charge < -0.3 is 9.47 Å². The average Bonchev–Trinajstić information content (AvgIpc) is 2.38. The van der Waals surface area contributed by atoms with Gasteiger partial charge in [-0.2, -0.15) is 0 Å². The van der Waals surface area contributed by atoms with Gasteiger partial charge in [0.05, 0.1) is 7.11 Å². The molecule has 0 N–H and O–H groups in total. The third kappa shape index (κ3) is 3.00. The highest BCUT2D eigenvalue weighted by Gasteiger charge is 2.04. The zero-order valence-electron chi connectivity index (χ0n) is 9.85. The third-order valence-corrected chi connectivity index (χ3v) is 2.47. The number of rotatable bonds is 4. The standard InChI is InChI=1S/C15H15O2/c1-12-8-9-14(15(10-12)16-2)17-11-13-6-4-3-5-7-13/h3-10H,1,11H2,2H3. The van der Waals surface area contributed by atoms with Crippen LogP contribution in [0.25, 0.3) is 0 Å². The summed E-state index contributed by atoms with van der Waals surface area (Å²) < 4.78 is 11.0. The second-order valence-corrected chi connectivity index (χ2v) is 3.76. The molecule has 1 radical (unpaired) electrons. The van der Waals surface area contributed by atoms with Crippen LogP contribution in [0.4, 0.5) is 0 Å². The Labute approximate surface area is 102 Å². The van der Waals surface area contributed by atoms with E-state index in [-0.39, 0.29) is 0 Å². The van der Waals surface area contributed by atoms with Crippen LogP contribution in [-0.4, -0.2) is 7.11 Å². The Kier molecular flexibility index (Phi) is 3.66. The second-order valence-electron chi connectivity index (χ2n) is 3.76. The average molecular weight is 227 g/mol. The minimum Gasteiger partial charge on any atom is -0.493 e. The fraction of sp³-hybridized carbons (Fsp3) is 0.133. The lowest BCUT2D eigenvalue weighted by Crippen LogP contribution is -1.97. The Morgan fingerprint density at radius 2 is 1.76 bits per heavy atom. The maximum Gasteiger partial charge on any atom is 0.161 e. The molecule has 0 aliphatic heterocycles. The molecule has 2 heteroatoms. The van der Waals surface area contributed by atoms with Crippen LogP contribution in [0.2, 0.25) is 0 Å². The van der Waals surface area contributed by atoms with E-state index >= 15 is 0 Å². The van der Waals surface area contributed by atoms with Crippen LogP contribution in [0.1, 0.15) is 11.1 Å². The molecule has 0 saturated heterocycles. The van der Waals surface area contributed by atoms with Gasteiger partial charge in [0, 0.05) is 0 Å². The molecular weight excluding hydrogens is 212 g/mol. The van der Waals surface area contributed by atoms with Gasteiger partial charge in [-0.3, -0.25) is 0 Å². The number of methoxy groups -OCH3 is 1. The van der Waals surface area contributed by atoms with Gasteiger partial charge >= 0.3 is 0 Å². The molecule has 0 unspecified atom stereocenters. The summed E-state index contributed by atoms with van der Waals surface area (Å²) >= 11 is 0. The van der Waals surface area contributed by atoms with Gasteiger partial charge in [-0.1, -0.05) is 36.4 Å². The van der Waals surface area contributed by atoms with Gasteiger partial charge in [-0.25, -0.2) is 0 Å². The van der Waals surface area contributed by atoms with Crippen molar-refractivity contribution in [2.45, 2.75) is 6.61 Å². The zero-order valence-corrected chi connectivity index (χ0v) is 9.85. The first-order chi connectivity index (χ1) is 8.29. The topological polar surface area (TPSA) is 18.5 Å². The summed E-state index contributed by atoms with van der Waals surface area (Å²) in [7, 11) is 1.63. The molecule has 2 aromatic carbocycles. The molecule has 2 nitrogen and oxygen atoms in total. The molecular formula is C15H15O2. The highest BCUT2D eigenvalue weighted by Crippen LogP contribution is 2.28. The van der Waals surface area contributed by atoms with E-state index in [0.29, 0.717) is 12.4 Å². The molecule has 0 saturated carbocycles. The highest BCUT2D eigenvalue weighted by atomic mass is 16.5. The number of hydrogen-bond donors (Lipinski definition) is 0. The Hall–Kier alpha value is -1.96. The predicted molar refractivity (Wildman–Crippen MR) is 68.2 cm³/mol. The second kappa shape index (κ2) is 5.39. The number of hydrogen-bond acceptors (Lipinski definition) is 2. The quantitative estimate of drug-likeness (QED) is 0.796. The molecule has 0 aliphatic carbocycles. The lowest BCUT2D eigenvalue weighted by molar-refractivity contribution is 0.284. The van der Waals surface area contributed by atoms with E-state index in [9.17, 15) is 0 Å². The van der Waals surface area contributed by atoms with Gasteiger partial charge in [-0.05, 0) is 30.2 Å². The largest absolute Gasteiger partial charge is 0.493 e. The number of benzene rings is 2. The molecule has 0 aliphatic rings. The monoisotopic (exact) mass is 227 g/mol. The van der Waals surface area contributed by atoms with Crippen molar-refractivity contribution in [1.82, 2.24) is 0 Å². The lowest BCUT2D eigenvalue weighted by Gasteiger charge is -2.11. The van der Waals surface area contributed by atoms with Gasteiger partial charge in [-0.15, -0.1) is 0 Å². The molecule has 0 amide bonds. The maximum absolute atomic E-state index is 5.72. The highest BCUT2D eigenvalue weighted by molar-refractivity contribution is 5.43. The van der Waals surface area contributed by atoms with Crippen LogP contribution in [0, 0.1) is 6.92 Å². The minimum absolute atomic E-state index is 0.535. The van der Waals surface area contributed by atoms with Crippen LogP contribution < -0.4 is 9.47 Å². The summed E-state index contributed by atoms with van der Waals surface area (Å²) in [5.74, 6) is 1.46. The van der Waals surface area contributed by atoms with Crippen LogP contribution in [0.15, 0.2) is 48.5 Å². The van der Waals surface area contributed by atoms with Crippen molar-refractivity contribution in [2.24, 2.45) is 0 Å². The predicted octanol–water partition coefficient (Wildman–Crippen LogP) is 3.46. The summed E-state index contributed by atoms with van der Waals surface area (Å²) in [5, 5.41) is 0. The molecule has 0 atom stereocenters. The minimum atomic E-state index is 0.535. The van der Waals surface area contributed by atoms with E-state index in [4.69, 9.17) is 9.47 Å². The summed E-state index contributed by atoms with van der Waals surface area (Å²) in [6.45, 7) is 4.39. The van der Waals surface area contributed by atoms with Gasteiger partial charge in [0.25, 0.3) is 0 Å². The molecule has 0 aromatic heterocycles. The Morgan fingerprint density at radius 1 is 1.00 bits per heavy atom. The summed E-state index contributed by atoms with van der Waals surface area (Å²) in [6.07, 6.45) is 0. The van der Waals surface area contributed by atoms with E-state index < -0.39 is 0 Å². The zero-order chi connectivity index (χ0) is 12.1. The van der Waals surface area contributed by atoms with Gasteiger partial charge in [0.1, 0.15) is 6.61 Å². The first-order valence-electron chi connectivity index (χ1n) is 5.46. The van der Waals surface area contributed by atoms with Gasteiger partial charge in [0.2, 0.25) is 0 Å². The summed E-state index contributed by atoms with van der Waals surface area (Å²) in [4.78, 5) is 0. The van der Waals surface area contributed by atoms with Gasteiger partial charge in [0.15, 0.2) is 11.5 Å². The summed E-state index contributed by atoms with van der Waals surface area (Å²) in [6, 6.07) is 15.7. The van der Waals surface area contributed by atoms with Crippen molar-refractivity contribution in [3.05, 3.63) is 66.6 Å². The van der Waals surface area contributed by atoms with Crippen molar-refractivity contribution < 1.29 is 9.47 Å². The van der Waals surface area contributed by atoms with Crippen LogP contribution in [0.5, 0.6) is 11.5 Å². The molecule has 0 bridgehead atoms. The molecule has 17 heavy (non-hydrogen) atoms. The lowest BCUT2D eigenvalue weighted by atomic mass is 10.2. The van der Waals surface area contributed by atoms with E-state index in [1.807, 2.05) is 48.5 Å². The SMILES string of the molecule is [CH2]c1ccc(OCc2ccccc2)c(OC)c1. The number of ether oxygens (including phenoxy) is 2. The van der Waals surface area contributed by atoms with E-state index in [2.05, 4.69) is 6.92 Å². The first kappa shape index (κ1) is 11.5. The van der Waals surface area contributed by atoms with Crippen molar-refractivity contribution in [1.29, 1.82) is 0 Å². The van der Waals surface area contributed by atoms with Crippen molar-refractivity contribution in [2.75, 3.05) is 7.11 Å². The Bertz CT molecular complexity index is 478. The van der Waals surface area contributed by atoms with Crippen LogP contribution in [0.3, 0.4) is 0 Å². The van der Waals surface area contributed by atoms with E-state index in [1.165, 1.54) is 0 Å². The van der Waals surface area contributed by atoms with Crippen LogP contribution in [-0.2, 0) is 6.61 Å². The smallest absolute Gasteiger partial charge is 0.161 e. The molecule has 0 fully saturated rings. The molecule has 0 spiro atoms. The normalized spacial score (nSPS) is 10.0. The molecule has 0 heterocycles. The van der Waals surface area contributed by atoms with E-state index in [1.54, 1.807) is 7.11 Å². The Morgan fingerprint density at radius 3 is 2.47 bits per heavy atom. The third-order valence-electron chi connectivity index (χ3n) is 2.47.